The molecule has 0 fully saturated rings. The van der Waals surface area contributed by atoms with E-state index in [0.29, 0.717) is 6.42 Å². The average molecular weight is 288 g/mol. The first-order chi connectivity index (χ1) is 9.31. The number of thioether (sulfide) groups is 1. The minimum absolute atomic E-state index is 0.277. The molecule has 0 heterocycles. The van der Waals surface area contributed by atoms with Crippen molar-refractivity contribution in [2.75, 3.05) is 5.49 Å². The molecule has 0 aliphatic carbocycles. The molecule has 0 amide bonds. The molecule has 0 N–H and O–H groups in total. The maximum absolute atomic E-state index is 11.6. The molecule has 0 spiro atoms. The first-order valence-corrected chi connectivity index (χ1v) is 8.85. The summed E-state index contributed by atoms with van der Waals surface area (Å²) < 4.78 is 0. The van der Waals surface area contributed by atoms with Gasteiger partial charge in [0.05, 0.1) is 0 Å². The summed E-state index contributed by atoms with van der Waals surface area (Å²) in [5.41, 5.74) is 0.871. The van der Waals surface area contributed by atoms with Gasteiger partial charge >= 0.3 is 0 Å². The standard InChI is InChI=1S/C16H17OPS/c1-2-16(17)19-13-18(14-9-5-3-6-10-14)15-11-7-4-8-12-15/h3-12H,2,13H2,1H3. The van der Waals surface area contributed by atoms with Gasteiger partial charge in [0.25, 0.3) is 0 Å². The van der Waals surface area contributed by atoms with Crippen LogP contribution < -0.4 is 10.6 Å². The molecule has 0 saturated carbocycles. The minimum atomic E-state index is -0.447. The SMILES string of the molecule is CCC(=O)SCP(c1ccccc1)c1ccccc1. The van der Waals surface area contributed by atoms with Crippen LogP contribution in [0.15, 0.2) is 60.7 Å². The van der Waals surface area contributed by atoms with Crippen LogP contribution in [-0.2, 0) is 4.79 Å². The van der Waals surface area contributed by atoms with Crippen molar-refractivity contribution < 1.29 is 4.79 Å². The van der Waals surface area contributed by atoms with Gasteiger partial charge < -0.3 is 0 Å². The van der Waals surface area contributed by atoms with Crippen molar-refractivity contribution in [3.63, 3.8) is 0 Å². The highest BCUT2D eigenvalue weighted by molar-refractivity contribution is 8.18. The van der Waals surface area contributed by atoms with Gasteiger partial charge in [0.15, 0.2) is 5.12 Å². The lowest BCUT2D eigenvalue weighted by Crippen LogP contribution is -2.13. The van der Waals surface area contributed by atoms with Gasteiger partial charge in [0.1, 0.15) is 0 Å². The summed E-state index contributed by atoms with van der Waals surface area (Å²) in [6.07, 6.45) is 0.609. The second-order valence-electron chi connectivity index (χ2n) is 4.10. The second-order valence-corrected chi connectivity index (χ2v) is 7.76. The van der Waals surface area contributed by atoms with Gasteiger partial charge in [-0.1, -0.05) is 79.3 Å². The van der Waals surface area contributed by atoms with Crippen LogP contribution >= 0.6 is 19.7 Å². The quantitative estimate of drug-likeness (QED) is 0.780. The van der Waals surface area contributed by atoms with Gasteiger partial charge in [-0.15, -0.1) is 0 Å². The Kier molecular flexibility index (Phi) is 5.62. The van der Waals surface area contributed by atoms with E-state index in [1.165, 1.54) is 22.4 Å². The molecule has 2 aromatic rings. The monoisotopic (exact) mass is 288 g/mol. The lowest BCUT2D eigenvalue weighted by atomic mass is 10.4. The Labute approximate surface area is 120 Å². The van der Waals surface area contributed by atoms with Crippen molar-refractivity contribution in [3.05, 3.63) is 60.7 Å². The number of hydrogen-bond acceptors (Lipinski definition) is 2. The lowest BCUT2D eigenvalue weighted by molar-refractivity contribution is -0.110. The summed E-state index contributed by atoms with van der Waals surface area (Å²) in [7, 11) is -0.447. The van der Waals surface area contributed by atoms with Crippen LogP contribution in [0, 0.1) is 0 Å². The second kappa shape index (κ2) is 7.47. The molecule has 98 valence electrons. The minimum Gasteiger partial charge on any atom is -0.287 e. The first-order valence-electron chi connectivity index (χ1n) is 6.34. The van der Waals surface area contributed by atoms with E-state index in [-0.39, 0.29) is 5.12 Å². The molecule has 1 nitrogen and oxygen atoms in total. The van der Waals surface area contributed by atoms with Crippen molar-refractivity contribution in [2.24, 2.45) is 0 Å². The molecular formula is C16H17OPS. The van der Waals surface area contributed by atoms with Gasteiger partial charge in [-0.2, -0.15) is 0 Å². The summed E-state index contributed by atoms with van der Waals surface area (Å²) in [4.78, 5) is 11.6. The predicted molar refractivity (Wildman–Crippen MR) is 86.8 cm³/mol. The van der Waals surface area contributed by atoms with Crippen LogP contribution in [0.1, 0.15) is 13.3 Å². The Hall–Kier alpha value is -1.11. The van der Waals surface area contributed by atoms with Crippen molar-refractivity contribution in [1.29, 1.82) is 0 Å². The van der Waals surface area contributed by atoms with Crippen LogP contribution in [0.4, 0.5) is 0 Å². The maximum atomic E-state index is 11.6. The van der Waals surface area contributed by atoms with E-state index in [2.05, 4.69) is 48.5 Å². The van der Waals surface area contributed by atoms with E-state index in [1.54, 1.807) is 0 Å². The van der Waals surface area contributed by atoms with Crippen molar-refractivity contribution in [3.8, 4) is 0 Å². The number of hydrogen-bond donors (Lipinski definition) is 0. The Bertz CT molecular complexity index is 473. The van der Waals surface area contributed by atoms with Gasteiger partial charge in [0, 0.05) is 11.9 Å². The normalized spacial score (nSPS) is 10.6. The van der Waals surface area contributed by atoms with Crippen LogP contribution in [0.25, 0.3) is 0 Å². The molecule has 0 radical (unpaired) electrons. The molecule has 2 aromatic carbocycles. The first kappa shape index (κ1) is 14.3. The Balaban J connectivity index is 2.21. The Morgan fingerprint density at radius 3 is 1.84 bits per heavy atom. The Morgan fingerprint density at radius 2 is 1.42 bits per heavy atom. The molecule has 0 saturated heterocycles. The van der Waals surface area contributed by atoms with Crippen LogP contribution in [-0.4, -0.2) is 10.6 Å². The van der Waals surface area contributed by atoms with E-state index in [4.69, 9.17) is 0 Å². The third kappa shape index (κ3) is 4.19. The zero-order valence-electron chi connectivity index (χ0n) is 11.0. The van der Waals surface area contributed by atoms with Crippen LogP contribution in [0.5, 0.6) is 0 Å². The number of carbonyl (C=O) groups excluding carboxylic acids is 1. The van der Waals surface area contributed by atoms with Crippen LogP contribution in [0.2, 0.25) is 0 Å². The Morgan fingerprint density at radius 1 is 0.947 bits per heavy atom. The molecule has 0 aliphatic rings. The van der Waals surface area contributed by atoms with E-state index < -0.39 is 7.92 Å². The molecule has 0 atom stereocenters. The molecule has 3 heteroatoms. The summed E-state index contributed by atoms with van der Waals surface area (Å²) in [6, 6.07) is 21.0. The van der Waals surface area contributed by atoms with Crippen molar-refractivity contribution in [2.45, 2.75) is 13.3 Å². The van der Waals surface area contributed by atoms with Crippen LogP contribution in [0.3, 0.4) is 0 Å². The highest BCUT2D eigenvalue weighted by Crippen LogP contribution is 2.37. The fourth-order valence-corrected chi connectivity index (χ4v) is 5.60. The summed E-state index contributed by atoms with van der Waals surface area (Å²) in [6.45, 7) is 1.92. The fourth-order valence-electron chi connectivity index (χ4n) is 1.75. The topological polar surface area (TPSA) is 17.1 Å². The van der Waals surface area contributed by atoms with E-state index >= 15 is 0 Å². The molecule has 2 rings (SSSR count). The smallest absolute Gasteiger partial charge is 0.189 e. The van der Waals surface area contributed by atoms with Gasteiger partial charge in [-0.25, -0.2) is 0 Å². The number of rotatable bonds is 5. The average Bonchev–Trinajstić information content (AvgIpc) is 2.49. The molecule has 0 aliphatic heterocycles. The summed E-state index contributed by atoms with van der Waals surface area (Å²) in [5, 5.41) is 2.94. The maximum Gasteiger partial charge on any atom is 0.189 e. The largest absolute Gasteiger partial charge is 0.287 e. The molecule has 0 aromatic heterocycles. The number of carbonyl (C=O) groups is 1. The van der Waals surface area contributed by atoms with Gasteiger partial charge in [-0.3, -0.25) is 4.79 Å². The summed E-state index contributed by atoms with van der Waals surface area (Å²) >= 11 is 1.46. The highest BCUT2D eigenvalue weighted by Gasteiger charge is 2.14. The van der Waals surface area contributed by atoms with Gasteiger partial charge in [-0.05, 0) is 18.5 Å². The van der Waals surface area contributed by atoms with E-state index in [0.717, 1.165) is 5.49 Å². The molecule has 0 unspecified atom stereocenters. The number of benzene rings is 2. The van der Waals surface area contributed by atoms with E-state index in [9.17, 15) is 4.79 Å². The summed E-state index contributed by atoms with van der Waals surface area (Å²) in [5.74, 6) is 0. The molecular weight excluding hydrogens is 271 g/mol. The zero-order chi connectivity index (χ0) is 13.5. The van der Waals surface area contributed by atoms with Gasteiger partial charge in [0.2, 0.25) is 0 Å². The predicted octanol–water partition coefficient (Wildman–Crippen LogP) is 3.75. The van der Waals surface area contributed by atoms with E-state index in [1.807, 2.05) is 19.1 Å². The van der Waals surface area contributed by atoms with Crippen molar-refractivity contribution >= 4 is 35.4 Å². The molecule has 19 heavy (non-hydrogen) atoms. The highest BCUT2D eigenvalue weighted by atomic mass is 32.2. The van der Waals surface area contributed by atoms with Crippen molar-refractivity contribution in [1.82, 2.24) is 0 Å². The third-order valence-electron chi connectivity index (χ3n) is 2.78. The third-order valence-corrected chi connectivity index (χ3v) is 6.78. The zero-order valence-corrected chi connectivity index (χ0v) is 12.7. The lowest BCUT2D eigenvalue weighted by Gasteiger charge is -2.17. The molecule has 0 bridgehead atoms. The fraction of sp³-hybridized carbons (Fsp3) is 0.188.